The molecule has 0 aliphatic heterocycles. The summed E-state index contributed by atoms with van der Waals surface area (Å²) >= 11 is 12.3. The number of alkyl halides is 1. The van der Waals surface area contributed by atoms with Gasteiger partial charge in [-0.05, 0) is 24.5 Å². The smallest absolute Gasteiger partial charge is 0.145 e. The first-order chi connectivity index (χ1) is 9.94. The fourth-order valence-corrected chi connectivity index (χ4v) is 3.03. The molecule has 6 heteroatoms. The van der Waals surface area contributed by atoms with Crippen LogP contribution in [-0.4, -0.2) is 25.1 Å². The zero-order valence-electron chi connectivity index (χ0n) is 11.3. The van der Waals surface area contributed by atoms with E-state index >= 15 is 0 Å². The number of aliphatic hydroxyl groups is 1. The minimum atomic E-state index is -1.25. The van der Waals surface area contributed by atoms with Crippen molar-refractivity contribution in [3.05, 3.63) is 53.3 Å². The molecule has 0 bridgehead atoms. The number of aromatic nitrogens is 2. The Bertz CT molecular complexity index is 643. The summed E-state index contributed by atoms with van der Waals surface area (Å²) in [6.07, 6.45) is 6.53. The predicted octanol–water partition coefficient (Wildman–Crippen LogP) is 3.42. The third-order valence-electron chi connectivity index (χ3n) is 4.04. The van der Waals surface area contributed by atoms with Crippen LogP contribution in [0, 0.1) is 5.82 Å². The van der Waals surface area contributed by atoms with Crippen LogP contribution >= 0.6 is 23.2 Å². The van der Waals surface area contributed by atoms with Gasteiger partial charge in [-0.15, -0.1) is 11.6 Å². The molecule has 1 aliphatic carbocycles. The van der Waals surface area contributed by atoms with Gasteiger partial charge in [-0.2, -0.15) is 0 Å². The van der Waals surface area contributed by atoms with Crippen LogP contribution in [-0.2, 0) is 13.0 Å². The van der Waals surface area contributed by atoms with Crippen molar-refractivity contribution in [2.75, 3.05) is 0 Å². The summed E-state index contributed by atoms with van der Waals surface area (Å²) in [4.78, 5) is 3.24. The van der Waals surface area contributed by atoms with E-state index in [1.54, 1.807) is 35.4 Å². The second kappa shape index (κ2) is 5.27. The van der Waals surface area contributed by atoms with Crippen LogP contribution in [0.2, 0.25) is 5.02 Å². The second-order valence-electron chi connectivity index (χ2n) is 5.62. The first-order valence-electron chi connectivity index (χ1n) is 6.73. The molecule has 1 saturated carbocycles. The minimum Gasteiger partial charge on any atom is -0.386 e. The molecule has 3 nitrogen and oxygen atoms in total. The van der Waals surface area contributed by atoms with E-state index in [0.29, 0.717) is 18.4 Å². The van der Waals surface area contributed by atoms with Gasteiger partial charge in [0.25, 0.3) is 0 Å². The van der Waals surface area contributed by atoms with Crippen LogP contribution in [0.3, 0.4) is 0 Å². The topological polar surface area (TPSA) is 38.0 Å². The molecule has 0 saturated heterocycles. The highest BCUT2D eigenvalue weighted by Crippen LogP contribution is 2.53. The van der Waals surface area contributed by atoms with E-state index in [4.69, 9.17) is 23.2 Å². The zero-order valence-corrected chi connectivity index (χ0v) is 12.8. The van der Waals surface area contributed by atoms with E-state index in [2.05, 4.69) is 4.98 Å². The number of hydrogen-bond donors (Lipinski definition) is 1. The lowest BCUT2D eigenvalue weighted by atomic mass is 9.88. The summed E-state index contributed by atoms with van der Waals surface area (Å²) in [5.74, 6) is -0.496. The fraction of sp³-hybridized carbons (Fsp3) is 0.400. The highest BCUT2D eigenvalue weighted by molar-refractivity contribution is 6.30. The SMILES string of the molecule is OC(Cc1cccc(Cl)c1F)(Cn1ccnc1)C1(Cl)CC1. The summed E-state index contributed by atoms with van der Waals surface area (Å²) < 4.78 is 15.9. The molecule has 3 rings (SSSR count). The first-order valence-corrected chi connectivity index (χ1v) is 7.49. The number of imidazole rings is 1. The van der Waals surface area contributed by atoms with E-state index in [1.165, 1.54) is 6.07 Å². The van der Waals surface area contributed by atoms with Gasteiger partial charge in [-0.1, -0.05) is 23.7 Å². The summed E-state index contributed by atoms with van der Waals surface area (Å²) in [6.45, 7) is 0.266. The maximum Gasteiger partial charge on any atom is 0.145 e. The molecular weight excluding hydrogens is 314 g/mol. The molecule has 1 aromatic carbocycles. The van der Waals surface area contributed by atoms with Crippen LogP contribution in [0.5, 0.6) is 0 Å². The number of benzene rings is 1. The van der Waals surface area contributed by atoms with Crippen molar-refractivity contribution >= 4 is 23.2 Å². The molecule has 112 valence electrons. The summed E-state index contributed by atoms with van der Waals surface area (Å²) in [5, 5.41) is 11.1. The Balaban J connectivity index is 1.91. The van der Waals surface area contributed by atoms with Gasteiger partial charge in [0.05, 0.1) is 22.8 Å². The summed E-state index contributed by atoms with van der Waals surface area (Å²) in [7, 11) is 0. The van der Waals surface area contributed by atoms with E-state index in [1.807, 2.05) is 0 Å². The van der Waals surface area contributed by atoms with Crippen LogP contribution in [0.25, 0.3) is 0 Å². The predicted molar refractivity (Wildman–Crippen MR) is 80.1 cm³/mol. The first kappa shape index (κ1) is 14.8. The van der Waals surface area contributed by atoms with Crippen LogP contribution in [0.1, 0.15) is 18.4 Å². The van der Waals surface area contributed by atoms with Gasteiger partial charge in [0.1, 0.15) is 11.4 Å². The van der Waals surface area contributed by atoms with E-state index in [-0.39, 0.29) is 18.0 Å². The van der Waals surface area contributed by atoms with Crippen molar-refractivity contribution in [2.24, 2.45) is 0 Å². The molecule has 2 aromatic rings. The van der Waals surface area contributed by atoms with E-state index < -0.39 is 16.3 Å². The molecule has 1 fully saturated rings. The van der Waals surface area contributed by atoms with Gasteiger partial charge in [-0.25, -0.2) is 9.37 Å². The summed E-state index contributed by atoms with van der Waals surface area (Å²) in [6, 6.07) is 4.79. The lowest BCUT2D eigenvalue weighted by Gasteiger charge is -2.33. The molecular formula is C15H15Cl2FN2O. The van der Waals surface area contributed by atoms with Crippen molar-refractivity contribution in [1.82, 2.24) is 9.55 Å². The van der Waals surface area contributed by atoms with Crippen molar-refractivity contribution < 1.29 is 9.50 Å². The molecule has 1 unspecified atom stereocenters. The maximum atomic E-state index is 14.1. The molecule has 0 spiro atoms. The van der Waals surface area contributed by atoms with Gasteiger partial charge in [0.15, 0.2) is 0 Å². The summed E-state index contributed by atoms with van der Waals surface area (Å²) in [5.41, 5.74) is -0.877. The zero-order chi connectivity index (χ0) is 15.1. The highest BCUT2D eigenvalue weighted by atomic mass is 35.5. The van der Waals surface area contributed by atoms with Crippen molar-refractivity contribution in [2.45, 2.75) is 36.3 Å². The Morgan fingerprint density at radius 1 is 1.43 bits per heavy atom. The van der Waals surface area contributed by atoms with Crippen LogP contribution in [0.4, 0.5) is 4.39 Å². The lowest BCUT2D eigenvalue weighted by molar-refractivity contribution is 0.0102. The molecule has 0 amide bonds. The van der Waals surface area contributed by atoms with E-state index in [0.717, 1.165) is 0 Å². The van der Waals surface area contributed by atoms with Crippen LogP contribution in [0.15, 0.2) is 36.9 Å². The monoisotopic (exact) mass is 328 g/mol. The largest absolute Gasteiger partial charge is 0.386 e. The van der Waals surface area contributed by atoms with Crippen molar-refractivity contribution in [3.8, 4) is 0 Å². The van der Waals surface area contributed by atoms with Crippen LogP contribution < -0.4 is 0 Å². The van der Waals surface area contributed by atoms with Crippen molar-refractivity contribution in [3.63, 3.8) is 0 Å². The third kappa shape index (κ3) is 2.80. The quantitative estimate of drug-likeness (QED) is 0.854. The van der Waals surface area contributed by atoms with Gasteiger partial charge >= 0.3 is 0 Å². The molecule has 1 atom stereocenters. The average Bonchev–Trinajstić information content (AvgIpc) is 3.00. The maximum absolute atomic E-state index is 14.1. The van der Waals surface area contributed by atoms with E-state index in [9.17, 15) is 9.50 Å². The number of rotatable bonds is 5. The Hall–Kier alpha value is -1.10. The Labute approximate surface area is 132 Å². The molecule has 0 radical (unpaired) electrons. The normalized spacial score (nSPS) is 19.2. The Morgan fingerprint density at radius 2 is 2.19 bits per heavy atom. The van der Waals surface area contributed by atoms with Gasteiger partial charge < -0.3 is 9.67 Å². The minimum absolute atomic E-state index is 0.0527. The third-order valence-corrected chi connectivity index (χ3v) is 5.06. The highest BCUT2D eigenvalue weighted by Gasteiger charge is 2.58. The molecule has 1 N–H and O–H groups in total. The molecule has 21 heavy (non-hydrogen) atoms. The van der Waals surface area contributed by atoms with Crippen molar-refractivity contribution in [1.29, 1.82) is 0 Å². The Morgan fingerprint density at radius 3 is 2.81 bits per heavy atom. The number of halogens is 3. The molecule has 1 aliphatic rings. The fourth-order valence-electron chi connectivity index (χ4n) is 2.61. The second-order valence-corrected chi connectivity index (χ2v) is 6.75. The van der Waals surface area contributed by atoms with Gasteiger partial charge in [0.2, 0.25) is 0 Å². The lowest BCUT2D eigenvalue weighted by Crippen LogP contribution is -2.47. The van der Waals surface area contributed by atoms with Gasteiger partial charge in [-0.3, -0.25) is 0 Å². The average molecular weight is 329 g/mol. The number of nitrogens with zero attached hydrogens (tertiary/aromatic N) is 2. The number of hydrogen-bond acceptors (Lipinski definition) is 2. The molecule has 1 heterocycles. The molecule has 1 aromatic heterocycles. The Kier molecular flexibility index (Phi) is 3.72. The van der Waals surface area contributed by atoms with Gasteiger partial charge in [0, 0.05) is 18.8 Å². The standard InChI is InChI=1S/C15H15Cl2FN2O/c16-12-3-1-2-11(13(12)18)8-15(21,14(17)4-5-14)9-20-7-6-19-10-20/h1-3,6-7,10,21H,4-5,8-9H2.